The third-order valence-electron chi connectivity index (χ3n) is 7.26. The zero-order chi connectivity index (χ0) is 27.2. The Kier molecular flexibility index (Phi) is 5.69. The molecule has 0 spiro atoms. The molecular weight excluding hydrogens is 511 g/mol. The highest BCUT2D eigenvalue weighted by Gasteiger charge is 2.25. The minimum Gasteiger partial charge on any atom is -0.497 e. The van der Waals surface area contributed by atoms with Gasteiger partial charge in [-0.05, 0) is 42.7 Å². The summed E-state index contributed by atoms with van der Waals surface area (Å²) in [6.45, 7) is 0. The maximum atomic E-state index is 14.2. The Morgan fingerprint density at radius 1 is 1.00 bits per heavy atom. The van der Waals surface area contributed by atoms with Crippen LogP contribution >= 0.6 is 0 Å². The second-order valence-corrected chi connectivity index (χ2v) is 9.82. The first-order valence-electron chi connectivity index (χ1n) is 12.8. The monoisotopic (exact) mass is 534 g/mol. The molecule has 11 heteroatoms. The number of fused-ring (bicyclic) bond motifs is 2. The van der Waals surface area contributed by atoms with Gasteiger partial charge in [-0.1, -0.05) is 6.42 Å². The van der Waals surface area contributed by atoms with Crippen LogP contribution in [-0.4, -0.2) is 48.1 Å². The lowest BCUT2D eigenvalue weighted by Gasteiger charge is -2.24. The molecule has 6 aromatic rings. The van der Waals surface area contributed by atoms with Crippen LogP contribution in [0.3, 0.4) is 0 Å². The van der Waals surface area contributed by atoms with Crippen LogP contribution in [0.25, 0.3) is 55.8 Å². The largest absolute Gasteiger partial charge is 0.497 e. The molecule has 0 aliphatic heterocycles. The fourth-order valence-electron chi connectivity index (χ4n) is 4.91. The first-order valence-corrected chi connectivity index (χ1v) is 12.8. The van der Waals surface area contributed by atoms with E-state index in [9.17, 15) is 9.18 Å². The van der Waals surface area contributed by atoms with Gasteiger partial charge in [-0.25, -0.2) is 9.37 Å². The number of amides is 1. The van der Waals surface area contributed by atoms with Gasteiger partial charge in [0.25, 0.3) is 0 Å². The average Bonchev–Trinajstić information content (AvgIpc) is 3.55. The van der Waals surface area contributed by atoms with Crippen LogP contribution in [0.1, 0.15) is 19.3 Å². The number of nitrogens with one attached hydrogen (secondary N) is 3. The maximum absolute atomic E-state index is 14.2. The van der Waals surface area contributed by atoms with Crippen molar-refractivity contribution < 1.29 is 13.9 Å². The van der Waals surface area contributed by atoms with E-state index in [1.54, 1.807) is 37.1 Å². The highest BCUT2D eigenvalue weighted by molar-refractivity contribution is 5.98. The lowest BCUT2D eigenvalue weighted by molar-refractivity contribution is -0.122. The van der Waals surface area contributed by atoms with E-state index in [-0.39, 0.29) is 11.8 Å². The number of nitrogens with zero attached hydrogens (tertiary/aromatic N) is 5. The van der Waals surface area contributed by atoms with Crippen molar-refractivity contribution in [3.63, 3.8) is 0 Å². The summed E-state index contributed by atoms with van der Waals surface area (Å²) in [5.41, 5.74) is 5.96. The number of rotatable bonds is 6. The van der Waals surface area contributed by atoms with Gasteiger partial charge < -0.3 is 15.0 Å². The van der Waals surface area contributed by atoms with Crippen LogP contribution in [0.4, 0.5) is 10.1 Å². The summed E-state index contributed by atoms with van der Waals surface area (Å²) in [6, 6.07) is 8.26. The van der Waals surface area contributed by atoms with Gasteiger partial charge in [-0.15, -0.1) is 0 Å². The summed E-state index contributed by atoms with van der Waals surface area (Å²) in [6.07, 6.45) is 11.3. The van der Waals surface area contributed by atoms with Crippen LogP contribution in [0.5, 0.6) is 5.75 Å². The third-order valence-corrected chi connectivity index (χ3v) is 7.26. The summed E-state index contributed by atoms with van der Waals surface area (Å²) >= 11 is 0. The second-order valence-electron chi connectivity index (χ2n) is 9.82. The number of aromatic nitrogens is 7. The number of pyridine rings is 3. The van der Waals surface area contributed by atoms with E-state index in [2.05, 4.69) is 35.5 Å². The molecule has 40 heavy (non-hydrogen) atoms. The molecule has 10 nitrogen and oxygen atoms in total. The normalized spacial score (nSPS) is 13.4. The van der Waals surface area contributed by atoms with E-state index >= 15 is 0 Å². The Hall–Kier alpha value is -5.19. The number of methoxy groups -OCH3 is 1. The summed E-state index contributed by atoms with van der Waals surface area (Å²) in [5.74, 6) is 0.620. The Bertz CT molecular complexity index is 1910. The predicted molar refractivity (Wildman–Crippen MR) is 148 cm³/mol. The molecule has 7 rings (SSSR count). The lowest BCUT2D eigenvalue weighted by Crippen LogP contribution is -2.28. The van der Waals surface area contributed by atoms with Crippen molar-refractivity contribution in [1.82, 2.24) is 35.1 Å². The highest BCUT2D eigenvalue weighted by atomic mass is 19.1. The molecule has 0 saturated heterocycles. The van der Waals surface area contributed by atoms with E-state index < -0.39 is 5.82 Å². The van der Waals surface area contributed by atoms with E-state index in [1.165, 1.54) is 19.2 Å². The molecule has 0 atom stereocenters. The van der Waals surface area contributed by atoms with E-state index in [4.69, 9.17) is 9.72 Å². The molecule has 198 valence electrons. The number of hydrogen-bond acceptors (Lipinski definition) is 7. The van der Waals surface area contributed by atoms with E-state index in [0.717, 1.165) is 35.7 Å². The number of halogens is 1. The SMILES string of the molecule is COc1cc(F)cc(-c2cncc3[nH]c(-c4n[nH]c5cnc(-c6cncc(NC(=O)C7CCC7)c6)cc45)nc23)c1. The zero-order valence-corrected chi connectivity index (χ0v) is 21.4. The van der Waals surface area contributed by atoms with E-state index in [1.807, 2.05) is 12.1 Å². The molecule has 3 N–H and O–H groups in total. The highest BCUT2D eigenvalue weighted by Crippen LogP contribution is 2.34. The molecule has 5 heterocycles. The second kappa shape index (κ2) is 9.53. The quantitative estimate of drug-likeness (QED) is 0.256. The molecular formula is C29H23FN8O2. The van der Waals surface area contributed by atoms with Crippen molar-refractivity contribution in [3.8, 4) is 39.7 Å². The number of H-pyrrole nitrogens is 2. The van der Waals surface area contributed by atoms with Gasteiger partial charge in [0.1, 0.15) is 17.3 Å². The molecule has 0 radical (unpaired) electrons. The summed E-state index contributed by atoms with van der Waals surface area (Å²) in [4.78, 5) is 33.7. The Balaban J connectivity index is 1.26. The van der Waals surface area contributed by atoms with Crippen LogP contribution in [0, 0.1) is 11.7 Å². The lowest BCUT2D eigenvalue weighted by atomic mass is 9.85. The minimum absolute atomic E-state index is 0.0289. The average molecular weight is 535 g/mol. The van der Waals surface area contributed by atoms with Crippen molar-refractivity contribution in [2.75, 3.05) is 12.4 Å². The topological polar surface area (TPSA) is 134 Å². The van der Waals surface area contributed by atoms with E-state index in [0.29, 0.717) is 50.8 Å². The summed E-state index contributed by atoms with van der Waals surface area (Å²) in [7, 11) is 1.49. The first-order chi connectivity index (χ1) is 19.6. The number of imidazole rings is 1. The number of aromatic amines is 2. The number of ether oxygens (including phenoxy) is 1. The van der Waals surface area contributed by atoms with Crippen LogP contribution in [0.15, 0.2) is 61.3 Å². The number of carbonyl (C=O) groups is 1. The molecule has 1 saturated carbocycles. The van der Waals surface area contributed by atoms with Crippen molar-refractivity contribution >= 4 is 33.5 Å². The van der Waals surface area contributed by atoms with Gasteiger partial charge in [-0.2, -0.15) is 5.10 Å². The van der Waals surface area contributed by atoms with Crippen LogP contribution in [-0.2, 0) is 4.79 Å². The minimum atomic E-state index is -0.415. The van der Waals surface area contributed by atoms with Gasteiger partial charge >= 0.3 is 0 Å². The molecule has 0 unspecified atom stereocenters. The van der Waals surface area contributed by atoms with Crippen molar-refractivity contribution in [2.24, 2.45) is 5.92 Å². The van der Waals surface area contributed by atoms with Crippen LogP contribution < -0.4 is 10.1 Å². The number of hydrogen-bond donors (Lipinski definition) is 3. The molecule has 1 fully saturated rings. The van der Waals surface area contributed by atoms with Crippen molar-refractivity contribution in [2.45, 2.75) is 19.3 Å². The molecule has 0 bridgehead atoms. The fraction of sp³-hybridized carbons (Fsp3) is 0.172. The van der Waals surface area contributed by atoms with Crippen molar-refractivity contribution in [3.05, 3.63) is 67.1 Å². The molecule has 5 aromatic heterocycles. The number of carbonyl (C=O) groups excluding carboxylic acids is 1. The van der Waals surface area contributed by atoms with Gasteiger partial charge in [0.05, 0.1) is 53.6 Å². The Morgan fingerprint density at radius 3 is 2.70 bits per heavy atom. The van der Waals surface area contributed by atoms with Crippen LogP contribution in [0.2, 0.25) is 0 Å². The van der Waals surface area contributed by atoms with Gasteiger partial charge in [0, 0.05) is 40.9 Å². The zero-order valence-electron chi connectivity index (χ0n) is 21.4. The summed E-state index contributed by atoms with van der Waals surface area (Å²) in [5, 5.41) is 11.3. The van der Waals surface area contributed by atoms with Gasteiger partial charge in [0.2, 0.25) is 5.91 Å². The Labute approximate surface area is 227 Å². The predicted octanol–water partition coefficient (Wildman–Crippen LogP) is 5.51. The molecule has 1 aliphatic rings. The third kappa shape index (κ3) is 4.21. The summed E-state index contributed by atoms with van der Waals surface area (Å²) < 4.78 is 19.5. The fourth-order valence-corrected chi connectivity index (χ4v) is 4.91. The van der Waals surface area contributed by atoms with Gasteiger partial charge in [0.15, 0.2) is 5.82 Å². The van der Waals surface area contributed by atoms with Gasteiger partial charge in [-0.3, -0.25) is 24.8 Å². The Morgan fingerprint density at radius 2 is 1.88 bits per heavy atom. The molecule has 1 aromatic carbocycles. The van der Waals surface area contributed by atoms with Crippen molar-refractivity contribution in [1.29, 1.82) is 0 Å². The number of anilines is 1. The number of benzene rings is 1. The smallest absolute Gasteiger partial charge is 0.227 e. The maximum Gasteiger partial charge on any atom is 0.227 e. The molecule has 1 aliphatic carbocycles. The first kappa shape index (κ1) is 23.9. The standard InChI is InChI=1S/C29H23FN8O2/c1-40-20-7-16(5-18(30)8-20)22-12-32-13-25-26(22)36-28(35-25)27-21-9-23(33-14-24(21)37-38-27)17-6-19(11-31-10-17)34-29(39)15-3-2-4-15/h5-15H,2-4H2,1H3,(H,34,39)(H,35,36)(H,37,38). The molecule has 1 amide bonds.